The molecule has 1 aromatic heterocycles. The van der Waals surface area contributed by atoms with Crippen molar-refractivity contribution >= 4 is 28.5 Å². The van der Waals surface area contributed by atoms with Crippen molar-refractivity contribution in [3.63, 3.8) is 0 Å². The van der Waals surface area contributed by atoms with E-state index in [0.29, 0.717) is 18.8 Å². The summed E-state index contributed by atoms with van der Waals surface area (Å²) in [6, 6.07) is 6.31. The van der Waals surface area contributed by atoms with E-state index in [1.165, 1.54) is 0 Å². The number of carbonyl (C=O) groups excluding carboxylic acids is 1. The maximum Gasteiger partial charge on any atom is 0.222 e. The van der Waals surface area contributed by atoms with Crippen molar-refractivity contribution in [1.82, 2.24) is 14.9 Å². The number of alkyl halides is 1. The molecular formula is C14H16ClN3O. The van der Waals surface area contributed by atoms with Crippen LogP contribution >= 0.6 is 11.6 Å². The molecule has 1 unspecified atom stereocenters. The molecule has 1 aliphatic rings. The standard InChI is InChI=1S/C14H16ClN3O/c1-9-3-2-4-11-14(9)17-12(5-6-15)18(11)10-7-13(19)16-8-10/h2-4,10H,5-8H2,1H3,(H,16,19). The van der Waals surface area contributed by atoms with E-state index in [1.807, 2.05) is 6.07 Å². The first kappa shape index (κ1) is 12.5. The van der Waals surface area contributed by atoms with Crippen molar-refractivity contribution in [2.75, 3.05) is 12.4 Å². The van der Waals surface area contributed by atoms with E-state index in [-0.39, 0.29) is 11.9 Å². The number of nitrogens with zero attached hydrogens (tertiary/aromatic N) is 2. The zero-order chi connectivity index (χ0) is 13.4. The van der Waals surface area contributed by atoms with Gasteiger partial charge in [-0.1, -0.05) is 12.1 Å². The van der Waals surface area contributed by atoms with E-state index in [9.17, 15) is 4.79 Å². The van der Waals surface area contributed by atoms with Crippen molar-refractivity contribution in [1.29, 1.82) is 0 Å². The molecule has 0 aliphatic carbocycles. The van der Waals surface area contributed by atoms with Gasteiger partial charge in [-0.3, -0.25) is 4.79 Å². The molecular weight excluding hydrogens is 262 g/mol. The molecule has 0 radical (unpaired) electrons. The van der Waals surface area contributed by atoms with E-state index >= 15 is 0 Å². The maximum atomic E-state index is 11.4. The molecule has 2 heterocycles. The van der Waals surface area contributed by atoms with Crippen LogP contribution in [-0.2, 0) is 11.2 Å². The van der Waals surface area contributed by atoms with Crippen LogP contribution in [0.15, 0.2) is 18.2 Å². The number of imidazole rings is 1. The van der Waals surface area contributed by atoms with E-state index in [1.54, 1.807) is 0 Å². The third kappa shape index (κ3) is 2.10. The van der Waals surface area contributed by atoms with Crippen molar-refractivity contribution in [3.05, 3.63) is 29.6 Å². The molecule has 1 aromatic carbocycles. The number of para-hydroxylation sites is 1. The average Bonchev–Trinajstić information content (AvgIpc) is 2.94. The van der Waals surface area contributed by atoms with Crippen LogP contribution in [0.5, 0.6) is 0 Å². The summed E-state index contributed by atoms with van der Waals surface area (Å²) in [5.41, 5.74) is 3.27. The monoisotopic (exact) mass is 277 g/mol. The van der Waals surface area contributed by atoms with Crippen LogP contribution in [0.2, 0.25) is 0 Å². The number of carbonyl (C=O) groups is 1. The van der Waals surface area contributed by atoms with Crippen LogP contribution in [-0.4, -0.2) is 27.9 Å². The van der Waals surface area contributed by atoms with Gasteiger partial charge in [-0.05, 0) is 18.6 Å². The summed E-state index contributed by atoms with van der Waals surface area (Å²) in [5, 5.41) is 2.89. The molecule has 0 bridgehead atoms. The number of hydrogen-bond acceptors (Lipinski definition) is 2. The first-order chi connectivity index (χ1) is 9.20. The third-order valence-electron chi connectivity index (χ3n) is 3.63. The molecule has 100 valence electrons. The highest BCUT2D eigenvalue weighted by molar-refractivity contribution is 6.17. The summed E-state index contributed by atoms with van der Waals surface area (Å²) >= 11 is 5.87. The second-order valence-electron chi connectivity index (χ2n) is 4.94. The number of halogens is 1. The SMILES string of the molecule is Cc1cccc2c1nc(CCCl)n2C1CNC(=O)C1. The molecule has 3 rings (SSSR count). The molecule has 0 saturated carbocycles. The van der Waals surface area contributed by atoms with Gasteiger partial charge in [0.15, 0.2) is 0 Å². The van der Waals surface area contributed by atoms with Gasteiger partial charge in [-0.2, -0.15) is 0 Å². The Morgan fingerprint density at radius 3 is 3.05 bits per heavy atom. The Morgan fingerprint density at radius 2 is 2.37 bits per heavy atom. The smallest absolute Gasteiger partial charge is 0.222 e. The van der Waals surface area contributed by atoms with Gasteiger partial charge in [0.1, 0.15) is 5.82 Å². The van der Waals surface area contributed by atoms with Crippen molar-refractivity contribution < 1.29 is 4.79 Å². The van der Waals surface area contributed by atoms with Gasteiger partial charge in [-0.15, -0.1) is 11.6 Å². The van der Waals surface area contributed by atoms with Gasteiger partial charge >= 0.3 is 0 Å². The Balaban J connectivity index is 2.16. The van der Waals surface area contributed by atoms with Crippen LogP contribution in [0.1, 0.15) is 23.9 Å². The molecule has 1 amide bonds. The first-order valence-corrected chi connectivity index (χ1v) is 7.03. The third-order valence-corrected chi connectivity index (χ3v) is 3.82. The molecule has 4 nitrogen and oxygen atoms in total. The van der Waals surface area contributed by atoms with Crippen molar-refractivity contribution in [3.8, 4) is 0 Å². The Hall–Kier alpha value is -1.55. The molecule has 2 aromatic rings. The van der Waals surface area contributed by atoms with Gasteiger partial charge in [0.2, 0.25) is 5.91 Å². The average molecular weight is 278 g/mol. The van der Waals surface area contributed by atoms with Crippen LogP contribution in [0, 0.1) is 6.92 Å². The summed E-state index contributed by atoms with van der Waals surface area (Å²) in [4.78, 5) is 16.2. The van der Waals surface area contributed by atoms with E-state index in [2.05, 4.69) is 28.9 Å². The number of nitrogens with one attached hydrogen (secondary N) is 1. The Kier molecular flexibility index (Phi) is 3.19. The molecule has 1 aliphatic heterocycles. The Labute approximate surface area is 116 Å². The second kappa shape index (κ2) is 4.85. The predicted octanol–water partition coefficient (Wildman–Crippen LogP) is 2.19. The maximum absolute atomic E-state index is 11.4. The molecule has 1 fully saturated rings. The van der Waals surface area contributed by atoms with Gasteiger partial charge in [0, 0.05) is 25.3 Å². The van der Waals surface area contributed by atoms with Gasteiger partial charge < -0.3 is 9.88 Å². The van der Waals surface area contributed by atoms with E-state index in [4.69, 9.17) is 16.6 Å². The minimum atomic E-state index is 0.108. The van der Waals surface area contributed by atoms with Gasteiger partial charge in [0.05, 0.1) is 17.1 Å². The molecule has 1 saturated heterocycles. The van der Waals surface area contributed by atoms with Crippen molar-refractivity contribution in [2.45, 2.75) is 25.8 Å². The lowest BCUT2D eigenvalue weighted by Crippen LogP contribution is -2.17. The Bertz CT molecular complexity index is 635. The number of amides is 1. The molecule has 1 N–H and O–H groups in total. The quantitative estimate of drug-likeness (QED) is 0.874. The van der Waals surface area contributed by atoms with Crippen LogP contribution in [0.25, 0.3) is 11.0 Å². The lowest BCUT2D eigenvalue weighted by molar-refractivity contribution is -0.119. The highest BCUT2D eigenvalue weighted by Crippen LogP contribution is 2.27. The first-order valence-electron chi connectivity index (χ1n) is 6.50. The predicted molar refractivity (Wildman–Crippen MR) is 75.6 cm³/mol. The number of benzene rings is 1. The number of aromatic nitrogens is 2. The van der Waals surface area contributed by atoms with Gasteiger partial charge in [-0.25, -0.2) is 4.98 Å². The number of fused-ring (bicyclic) bond motifs is 1. The normalized spacial score (nSPS) is 19.1. The molecule has 0 spiro atoms. The fourth-order valence-electron chi connectivity index (χ4n) is 2.75. The lowest BCUT2D eigenvalue weighted by Gasteiger charge is -2.14. The number of aryl methyl sites for hydroxylation is 2. The summed E-state index contributed by atoms with van der Waals surface area (Å²) < 4.78 is 2.18. The fraction of sp³-hybridized carbons (Fsp3) is 0.429. The Morgan fingerprint density at radius 1 is 1.53 bits per heavy atom. The largest absolute Gasteiger partial charge is 0.354 e. The number of rotatable bonds is 3. The van der Waals surface area contributed by atoms with Crippen LogP contribution in [0.4, 0.5) is 0 Å². The fourth-order valence-corrected chi connectivity index (χ4v) is 2.92. The molecule has 5 heteroatoms. The summed E-state index contributed by atoms with van der Waals surface area (Å²) in [5.74, 6) is 1.62. The highest BCUT2D eigenvalue weighted by Gasteiger charge is 2.26. The topological polar surface area (TPSA) is 46.9 Å². The lowest BCUT2D eigenvalue weighted by atomic mass is 10.2. The molecule has 1 atom stereocenters. The number of hydrogen-bond donors (Lipinski definition) is 1. The summed E-state index contributed by atoms with van der Waals surface area (Å²) in [6.07, 6.45) is 1.25. The van der Waals surface area contributed by atoms with Gasteiger partial charge in [0.25, 0.3) is 0 Å². The minimum Gasteiger partial charge on any atom is -0.354 e. The zero-order valence-corrected chi connectivity index (χ0v) is 11.6. The zero-order valence-electron chi connectivity index (χ0n) is 10.8. The summed E-state index contributed by atoms with van der Waals surface area (Å²) in [6.45, 7) is 2.73. The van der Waals surface area contributed by atoms with Crippen LogP contribution < -0.4 is 5.32 Å². The van der Waals surface area contributed by atoms with E-state index < -0.39 is 0 Å². The molecule has 19 heavy (non-hydrogen) atoms. The van der Waals surface area contributed by atoms with Crippen molar-refractivity contribution in [2.24, 2.45) is 0 Å². The second-order valence-corrected chi connectivity index (χ2v) is 5.32. The van der Waals surface area contributed by atoms with E-state index in [0.717, 1.165) is 28.8 Å². The minimum absolute atomic E-state index is 0.108. The summed E-state index contributed by atoms with van der Waals surface area (Å²) in [7, 11) is 0. The van der Waals surface area contributed by atoms with Crippen LogP contribution in [0.3, 0.4) is 0 Å². The highest BCUT2D eigenvalue weighted by atomic mass is 35.5.